The Hall–Kier alpha value is -1.21. The van der Waals surface area contributed by atoms with E-state index in [2.05, 4.69) is 37.8 Å². The molecule has 1 unspecified atom stereocenters. The van der Waals surface area contributed by atoms with E-state index in [1.165, 1.54) is 18.9 Å². The molecule has 0 heterocycles. The third-order valence-corrected chi connectivity index (χ3v) is 18.1. The maximum absolute atomic E-state index is 12.2. The van der Waals surface area contributed by atoms with Crippen LogP contribution in [0.1, 0.15) is 118 Å². The Bertz CT molecular complexity index is 1560. The topological polar surface area (TPSA) is 172 Å². The number of nitrogens with zero attached hydrogens (tertiary/aromatic N) is 1. The predicted octanol–water partition coefficient (Wildman–Crippen LogP) is 7.61. The van der Waals surface area contributed by atoms with Gasteiger partial charge in [-0.25, -0.2) is 8.42 Å². The molecule has 13 nitrogen and oxygen atoms in total. The molecule has 0 spiro atoms. The fourth-order valence-corrected chi connectivity index (χ4v) is 14.0. The summed E-state index contributed by atoms with van der Waals surface area (Å²) in [4.78, 5) is 46.5. The number of halogens is 3. The van der Waals surface area contributed by atoms with Gasteiger partial charge < -0.3 is 37.3 Å². The monoisotopic (exact) mass is 969 g/mol. The van der Waals surface area contributed by atoms with Crippen molar-refractivity contribution in [3.05, 3.63) is 34.6 Å². The second-order valence-electron chi connectivity index (χ2n) is 17.0. The molecule has 0 radical (unpaired) electrons. The molecule has 1 aromatic rings. The number of unbranched alkanes of at least 4 members (excludes halogenated alkanes) is 1. The van der Waals surface area contributed by atoms with Crippen LogP contribution in [0.3, 0.4) is 0 Å². The Morgan fingerprint density at radius 1 is 0.710 bits per heavy atom. The van der Waals surface area contributed by atoms with Crippen LogP contribution in [0.15, 0.2) is 24.3 Å². The molecular formula is C42H75F3KNO12SSi2. The second-order valence-corrected chi connectivity index (χ2v) is 27.4. The zero-order chi connectivity index (χ0) is 47.7. The molecule has 1 amide bonds. The Kier molecular flexibility index (Phi) is 33.2. The van der Waals surface area contributed by atoms with Gasteiger partial charge in [0.15, 0.2) is 26.7 Å². The van der Waals surface area contributed by atoms with Crippen molar-refractivity contribution in [2.75, 3.05) is 39.6 Å². The van der Waals surface area contributed by atoms with Gasteiger partial charge >= 0.3 is 74.8 Å². The van der Waals surface area contributed by atoms with Gasteiger partial charge in [0.1, 0.15) is 12.4 Å². The van der Waals surface area contributed by atoms with E-state index in [0.717, 1.165) is 49.6 Å². The van der Waals surface area contributed by atoms with Gasteiger partial charge in [-0.05, 0) is 123 Å². The van der Waals surface area contributed by atoms with Crippen LogP contribution in [0.5, 0.6) is 5.75 Å². The van der Waals surface area contributed by atoms with Gasteiger partial charge in [0.25, 0.3) is 0 Å². The van der Waals surface area contributed by atoms with Gasteiger partial charge in [0, 0.05) is 12.2 Å². The molecule has 0 saturated carbocycles. The van der Waals surface area contributed by atoms with Crippen LogP contribution in [0.25, 0.3) is 4.72 Å². The summed E-state index contributed by atoms with van der Waals surface area (Å²) in [6, 6.07) is 6.66. The smallest absolute Gasteiger partial charge is 0.534 e. The molecule has 0 aliphatic heterocycles. The molecule has 20 heteroatoms. The fraction of sp³-hybridized carbons (Fsp3) is 0.762. The van der Waals surface area contributed by atoms with E-state index in [-0.39, 0.29) is 80.4 Å². The number of ether oxygens (including phenoxy) is 5. The van der Waals surface area contributed by atoms with Crippen LogP contribution in [0.4, 0.5) is 13.2 Å². The molecule has 0 bridgehead atoms. The zero-order valence-corrected chi connectivity index (χ0v) is 46.1. The van der Waals surface area contributed by atoms with Crippen LogP contribution in [0, 0.1) is 16.7 Å². The number of alkyl halides is 3. The predicted molar refractivity (Wildman–Crippen MR) is 237 cm³/mol. The zero-order valence-electron chi connectivity index (χ0n) is 40.2. The summed E-state index contributed by atoms with van der Waals surface area (Å²) in [5, 5.41) is 0. The van der Waals surface area contributed by atoms with Crippen LogP contribution in [0.2, 0.25) is 38.3 Å². The molecule has 0 saturated heterocycles. The molecule has 356 valence electrons. The van der Waals surface area contributed by atoms with E-state index in [1.54, 1.807) is 20.8 Å². The fourth-order valence-electron chi connectivity index (χ4n) is 4.60. The second kappa shape index (κ2) is 31.7. The molecule has 1 aromatic carbocycles. The molecule has 0 fully saturated rings. The Labute approximate surface area is 415 Å². The Morgan fingerprint density at radius 2 is 1.19 bits per heavy atom. The number of rotatable bonds is 25. The number of amides is 1. The van der Waals surface area contributed by atoms with Gasteiger partial charge in [-0.15, -0.1) is 0 Å². The summed E-state index contributed by atoms with van der Waals surface area (Å²) >= 11 is 0. The van der Waals surface area contributed by atoms with Gasteiger partial charge in [-0.1, -0.05) is 47.5 Å². The minimum absolute atomic E-state index is 0. The standard InChI is InChI=1S/C17H38O3Si2.C14H16F3NO5S.C11H22O4.K/c1-9-11-14-21(5,6)20-22(7,8)15-12-13-19-16(18)17(3,4)10-2;1-4-13(2,3)12(20)23-10-7-5-9(6-8-10)11(19)18-24(21,22)14(15,16)17;1-4-10(3)11(12)15-9-8-14-7-6-13-5-2;/h9-15H2,1-8H3;5-8H,4H2,1-3H3,(H,18,19);10H,4-9H2,1-3H3;/q;;;+1/p-1. The summed E-state index contributed by atoms with van der Waals surface area (Å²) in [5.41, 5.74) is -7.13. The summed E-state index contributed by atoms with van der Waals surface area (Å²) in [6.07, 6.45) is 5.58. The molecule has 1 rings (SSSR count). The first-order valence-corrected chi connectivity index (χ1v) is 28.8. The van der Waals surface area contributed by atoms with E-state index in [0.29, 0.717) is 46.1 Å². The number of carbonyl (C=O) groups excluding carboxylic acids is 4. The van der Waals surface area contributed by atoms with Crippen molar-refractivity contribution in [3.63, 3.8) is 0 Å². The summed E-state index contributed by atoms with van der Waals surface area (Å²) in [7, 11) is -9.07. The quantitative estimate of drug-likeness (QED) is 0.0407. The first-order valence-electron chi connectivity index (χ1n) is 21.1. The van der Waals surface area contributed by atoms with Crippen molar-refractivity contribution >= 4 is 50.5 Å². The molecule has 0 aliphatic carbocycles. The summed E-state index contributed by atoms with van der Waals surface area (Å²) < 4.78 is 92.7. The summed E-state index contributed by atoms with van der Waals surface area (Å²) in [5.74, 6) is -2.27. The number of hydrogen-bond acceptors (Lipinski definition) is 12. The van der Waals surface area contributed by atoms with Crippen LogP contribution in [-0.2, 0) is 47.5 Å². The van der Waals surface area contributed by atoms with E-state index in [4.69, 9.17) is 27.8 Å². The average Bonchev–Trinajstić information content (AvgIpc) is 3.17. The number of sulfonamides is 1. The van der Waals surface area contributed by atoms with Crippen LogP contribution >= 0.6 is 0 Å². The summed E-state index contributed by atoms with van der Waals surface area (Å²) in [6.45, 7) is 31.5. The van der Waals surface area contributed by atoms with Crippen LogP contribution in [-0.4, -0.2) is 94.0 Å². The largest absolute Gasteiger partial charge is 1.00 e. The van der Waals surface area contributed by atoms with Gasteiger partial charge in [-0.2, -0.15) is 13.2 Å². The Balaban J connectivity index is -0.000000858. The van der Waals surface area contributed by atoms with Gasteiger partial charge in [0.05, 0.1) is 49.1 Å². The van der Waals surface area contributed by atoms with Gasteiger partial charge in [-0.3, -0.25) is 14.4 Å². The molecule has 62 heavy (non-hydrogen) atoms. The molecule has 0 N–H and O–H groups in total. The van der Waals surface area contributed by atoms with E-state index in [9.17, 15) is 40.8 Å². The maximum Gasteiger partial charge on any atom is 1.00 e. The normalized spacial score (nSPS) is 12.6. The van der Waals surface area contributed by atoms with Crippen molar-refractivity contribution in [2.45, 2.75) is 152 Å². The number of benzene rings is 1. The van der Waals surface area contributed by atoms with Crippen molar-refractivity contribution < 1.29 is 120 Å². The minimum atomic E-state index is -5.91. The third kappa shape index (κ3) is 28.6. The van der Waals surface area contributed by atoms with Gasteiger partial charge in [0.2, 0.25) is 0 Å². The van der Waals surface area contributed by atoms with Crippen molar-refractivity contribution in [2.24, 2.45) is 16.7 Å². The molecule has 0 aromatic heterocycles. The Morgan fingerprint density at radius 3 is 1.66 bits per heavy atom. The average molecular weight is 970 g/mol. The first-order chi connectivity index (χ1) is 28.0. The molecule has 1 atom stereocenters. The number of esters is 3. The minimum Gasteiger partial charge on any atom is -0.534 e. The number of carbonyl (C=O) groups is 4. The van der Waals surface area contributed by atoms with Crippen molar-refractivity contribution in [3.8, 4) is 5.75 Å². The first kappa shape index (κ1) is 65.1. The van der Waals surface area contributed by atoms with Crippen molar-refractivity contribution in [1.29, 1.82) is 0 Å². The molecular weight excluding hydrogens is 895 g/mol. The number of hydrogen-bond donors (Lipinski definition) is 0. The van der Waals surface area contributed by atoms with Crippen molar-refractivity contribution in [1.82, 2.24) is 0 Å². The molecule has 0 aliphatic rings. The maximum atomic E-state index is 12.2. The van der Waals surface area contributed by atoms with Crippen LogP contribution < -0.4 is 56.1 Å². The third-order valence-electron chi connectivity index (χ3n) is 9.58. The van der Waals surface area contributed by atoms with E-state index < -0.39 is 55.0 Å². The SMILES string of the molecule is CCC(C)(C)C(=O)Oc1ccc(C(=O)[N-]S(=O)(=O)C(F)(F)F)cc1.CCCC[Si](C)(C)O[Si](C)(C)CCCOC(=O)C(C)(C)CC.CCOCCOCCOC(=O)C(C)CC.[K+]. The van der Waals surface area contributed by atoms with E-state index in [1.807, 2.05) is 41.5 Å². The van der Waals surface area contributed by atoms with E-state index >= 15 is 0 Å².